The van der Waals surface area contributed by atoms with E-state index in [1.54, 1.807) is 55.5 Å². The number of anilines is 1. The van der Waals surface area contributed by atoms with Crippen molar-refractivity contribution in [3.05, 3.63) is 48.5 Å². The Kier molecular flexibility index (Phi) is 4.03. The molecule has 98 valence electrons. The molecule has 0 radical (unpaired) electrons. The molecule has 0 amide bonds. The van der Waals surface area contributed by atoms with E-state index in [0.717, 1.165) is 0 Å². The van der Waals surface area contributed by atoms with Crippen LogP contribution in [0.15, 0.2) is 48.5 Å². The summed E-state index contributed by atoms with van der Waals surface area (Å²) in [5.74, 6) is 1.62. The van der Waals surface area contributed by atoms with E-state index >= 15 is 0 Å². The number of carbonyl (C=O) groups is 1. The number of hydrogen-bond donors (Lipinski definition) is 1. The van der Waals surface area contributed by atoms with Crippen molar-refractivity contribution < 1.29 is 14.3 Å². The largest absolute Gasteiger partial charge is 0.457 e. The van der Waals surface area contributed by atoms with Crippen LogP contribution in [0.2, 0.25) is 0 Å². The first-order chi connectivity index (χ1) is 9.17. The molecule has 2 N–H and O–H groups in total. The first-order valence-corrected chi connectivity index (χ1v) is 6.01. The van der Waals surface area contributed by atoms with Gasteiger partial charge in [0, 0.05) is 12.1 Å². The molecule has 4 heteroatoms. The molecule has 0 atom stereocenters. The summed E-state index contributed by atoms with van der Waals surface area (Å²) in [7, 11) is 0. The molecule has 0 aliphatic rings. The number of nitrogen functional groups attached to an aromatic ring is 1. The zero-order valence-corrected chi connectivity index (χ0v) is 10.6. The molecular weight excluding hydrogens is 242 g/mol. The zero-order valence-electron chi connectivity index (χ0n) is 10.6. The number of rotatable bonds is 4. The van der Waals surface area contributed by atoms with Gasteiger partial charge in [-0.1, -0.05) is 6.92 Å². The maximum atomic E-state index is 11.1. The van der Waals surface area contributed by atoms with Gasteiger partial charge >= 0.3 is 5.97 Å². The molecule has 0 aromatic heterocycles. The van der Waals surface area contributed by atoms with E-state index in [-0.39, 0.29) is 5.97 Å². The van der Waals surface area contributed by atoms with Crippen molar-refractivity contribution in [3.8, 4) is 17.2 Å². The van der Waals surface area contributed by atoms with Crippen LogP contribution >= 0.6 is 0 Å². The average Bonchev–Trinajstić information content (AvgIpc) is 2.43. The van der Waals surface area contributed by atoms with E-state index in [4.69, 9.17) is 15.2 Å². The molecule has 0 saturated heterocycles. The molecule has 0 heterocycles. The van der Waals surface area contributed by atoms with Crippen molar-refractivity contribution in [1.82, 2.24) is 0 Å². The first kappa shape index (κ1) is 13.0. The highest BCUT2D eigenvalue weighted by molar-refractivity contribution is 5.71. The van der Waals surface area contributed by atoms with Crippen LogP contribution < -0.4 is 15.2 Å². The smallest absolute Gasteiger partial charge is 0.310 e. The summed E-state index contributed by atoms with van der Waals surface area (Å²) in [6.07, 6.45) is 0.351. The molecule has 2 aromatic carbocycles. The Morgan fingerprint density at radius 2 is 1.42 bits per heavy atom. The molecular formula is C15H15NO3. The maximum Gasteiger partial charge on any atom is 0.310 e. The van der Waals surface area contributed by atoms with Crippen LogP contribution in [-0.2, 0) is 4.79 Å². The van der Waals surface area contributed by atoms with Gasteiger partial charge in [0.05, 0.1) is 0 Å². The van der Waals surface area contributed by atoms with Gasteiger partial charge in [-0.2, -0.15) is 0 Å². The van der Waals surface area contributed by atoms with Crippen LogP contribution in [0.25, 0.3) is 0 Å². The van der Waals surface area contributed by atoms with E-state index < -0.39 is 0 Å². The second-order valence-corrected chi connectivity index (χ2v) is 3.97. The van der Waals surface area contributed by atoms with Crippen molar-refractivity contribution in [3.63, 3.8) is 0 Å². The number of benzene rings is 2. The van der Waals surface area contributed by atoms with Crippen molar-refractivity contribution in [2.24, 2.45) is 0 Å². The maximum absolute atomic E-state index is 11.1. The van der Waals surface area contributed by atoms with Crippen LogP contribution in [0, 0.1) is 0 Å². The van der Waals surface area contributed by atoms with Gasteiger partial charge in [0.25, 0.3) is 0 Å². The number of carbonyl (C=O) groups excluding carboxylic acids is 1. The Morgan fingerprint density at radius 1 is 0.947 bits per heavy atom. The van der Waals surface area contributed by atoms with Gasteiger partial charge in [0.1, 0.15) is 17.2 Å². The van der Waals surface area contributed by atoms with Crippen molar-refractivity contribution in [2.45, 2.75) is 13.3 Å². The summed E-state index contributed by atoms with van der Waals surface area (Å²) < 4.78 is 10.7. The SMILES string of the molecule is CCC(=O)Oc1ccc(Oc2ccc(N)cc2)cc1. The van der Waals surface area contributed by atoms with Crippen molar-refractivity contribution in [2.75, 3.05) is 5.73 Å². The number of ether oxygens (including phenoxy) is 2. The summed E-state index contributed by atoms with van der Waals surface area (Å²) in [6, 6.07) is 14.0. The van der Waals surface area contributed by atoms with E-state index in [0.29, 0.717) is 29.4 Å². The fraction of sp³-hybridized carbons (Fsp3) is 0.133. The van der Waals surface area contributed by atoms with Crippen molar-refractivity contribution in [1.29, 1.82) is 0 Å². The van der Waals surface area contributed by atoms with Crippen LogP contribution in [0.4, 0.5) is 5.69 Å². The van der Waals surface area contributed by atoms with Crippen LogP contribution in [-0.4, -0.2) is 5.97 Å². The van der Waals surface area contributed by atoms with Gasteiger partial charge in [-0.05, 0) is 48.5 Å². The van der Waals surface area contributed by atoms with Gasteiger partial charge in [-0.3, -0.25) is 4.79 Å². The summed E-state index contributed by atoms with van der Waals surface area (Å²) in [6.45, 7) is 1.75. The van der Waals surface area contributed by atoms with Gasteiger partial charge in [-0.25, -0.2) is 0 Å². The molecule has 0 spiro atoms. The Hall–Kier alpha value is -2.49. The third-order valence-corrected chi connectivity index (χ3v) is 2.46. The molecule has 0 fully saturated rings. The highest BCUT2D eigenvalue weighted by Crippen LogP contribution is 2.24. The number of esters is 1. The highest BCUT2D eigenvalue weighted by Gasteiger charge is 2.02. The standard InChI is InChI=1S/C15H15NO3/c1-2-15(17)19-14-9-7-13(8-10-14)18-12-5-3-11(16)4-6-12/h3-10H,2,16H2,1H3. The second-order valence-electron chi connectivity index (χ2n) is 3.97. The van der Waals surface area contributed by atoms with Crippen LogP contribution in [0.5, 0.6) is 17.2 Å². The lowest BCUT2D eigenvalue weighted by Gasteiger charge is -2.07. The molecule has 19 heavy (non-hydrogen) atoms. The molecule has 2 rings (SSSR count). The third-order valence-electron chi connectivity index (χ3n) is 2.46. The quantitative estimate of drug-likeness (QED) is 0.518. The topological polar surface area (TPSA) is 61.5 Å². The summed E-state index contributed by atoms with van der Waals surface area (Å²) in [5, 5.41) is 0. The minimum atomic E-state index is -0.257. The summed E-state index contributed by atoms with van der Waals surface area (Å²) in [4.78, 5) is 11.1. The van der Waals surface area contributed by atoms with Gasteiger partial charge in [-0.15, -0.1) is 0 Å². The van der Waals surface area contributed by atoms with E-state index in [1.165, 1.54) is 0 Å². The van der Waals surface area contributed by atoms with E-state index in [2.05, 4.69) is 0 Å². The fourth-order valence-corrected chi connectivity index (χ4v) is 1.45. The third kappa shape index (κ3) is 3.74. The van der Waals surface area contributed by atoms with E-state index in [1.807, 2.05) is 0 Å². The lowest BCUT2D eigenvalue weighted by Crippen LogP contribution is -2.05. The molecule has 0 aliphatic heterocycles. The van der Waals surface area contributed by atoms with Gasteiger partial charge in [0.2, 0.25) is 0 Å². The second kappa shape index (κ2) is 5.91. The number of hydrogen-bond acceptors (Lipinski definition) is 4. The molecule has 2 aromatic rings. The summed E-state index contributed by atoms with van der Waals surface area (Å²) >= 11 is 0. The normalized spacial score (nSPS) is 9.95. The molecule has 0 bridgehead atoms. The molecule has 4 nitrogen and oxygen atoms in total. The van der Waals surface area contributed by atoms with Crippen molar-refractivity contribution >= 4 is 11.7 Å². The monoisotopic (exact) mass is 257 g/mol. The molecule has 0 aliphatic carbocycles. The van der Waals surface area contributed by atoms with Gasteiger partial charge < -0.3 is 15.2 Å². The molecule has 0 saturated carbocycles. The summed E-state index contributed by atoms with van der Waals surface area (Å²) in [5.41, 5.74) is 6.28. The van der Waals surface area contributed by atoms with E-state index in [9.17, 15) is 4.79 Å². The lowest BCUT2D eigenvalue weighted by molar-refractivity contribution is -0.134. The Labute approximate surface area is 111 Å². The highest BCUT2D eigenvalue weighted by atomic mass is 16.5. The predicted octanol–water partition coefficient (Wildman–Crippen LogP) is 3.38. The predicted molar refractivity (Wildman–Crippen MR) is 73.3 cm³/mol. The number of nitrogens with two attached hydrogens (primary N) is 1. The Morgan fingerprint density at radius 3 is 1.95 bits per heavy atom. The lowest BCUT2D eigenvalue weighted by atomic mass is 10.3. The minimum Gasteiger partial charge on any atom is -0.457 e. The van der Waals surface area contributed by atoms with Crippen LogP contribution in [0.1, 0.15) is 13.3 Å². The first-order valence-electron chi connectivity index (χ1n) is 6.01. The van der Waals surface area contributed by atoms with Gasteiger partial charge in [0.15, 0.2) is 0 Å². The Bertz CT molecular complexity index is 547. The average molecular weight is 257 g/mol. The Balaban J connectivity index is 2.02. The molecule has 0 unspecified atom stereocenters. The zero-order chi connectivity index (χ0) is 13.7. The van der Waals surface area contributed by atoms with Crippen LogP contribution in [0.3, 0.4) is 0 Å². The minimum absolute atomic E-state index is 0.257. The fourth-order valence-electron chi connectivity index (χ4n) is 1.45.